The Balaban J connectivity index is 2.04. The summed E-state index contributed by atoms with van der Waals surface area (Å²) < 4.78 is 2.13. The van der Waals surface area contributed by atoms with Crippen molar-refractivity contribution in [3.63, 3.8) is 0 Å². The number of thioether (sulfide) groups is 2. The van der Waals surface area contributed by atoms with E-state index in [1.54, 1.807) is 23.5 Å². The molecule has 2 N–H and O–H groups in total. The normalized spacial score (nSPS) is 10.9. The Hall–Kier alpha value is -0.980. The van der Waals surface area contributed by atoms with E-state index in [2.05, 4.69) is 52.2 Å². The van der Waals surface area contributed by atoms with Gasteiger partial charge in [-0.15, -0.1) is 22.0 Å². The van der Waals surface area contributed by atoms with Crippen LogP contribution in [0.3, 0.4) is 0 Å². The van der Waals surface area contributed by atoms with Gasteiger partial charge in [-0.3, -0.25) is 0 Å². The molecule has 0 aliphatic heterocycles. The maximum Gasteiger partial charge on any atom is 0.191 e. The van der Waals surface area contributed by atoms with E-state index in [0.29, 0.717) is 6.54 Å². The second kappa shape index (κ2) is 7.71. The maximum atomic E-state index is 5.70. The zero-order valence-corrected chi connectivity index (χ0v) is 13.5. The molecular weight excluding hydrogens is 288 g/mol. The maximum absolute atomic E-state index is 5.70. The first-order valence-electron chi connectivity index (χ1n) is 6.66. The van der Waals surface area contributed by atoms with Gasteiger partial charge in [0, 0.05) is 17.2 Å². The largest absolute Gasteiger partial charge is 0.324 e. The molecule has 0 amide bonds. The summed E-state index contributed by atoms with van der Waals surface area (Å²) in [7, 11) is 0. The minimum atomic E-state index is 0.440. The molecule has 2 rings (SSSR count). The average Bonchev–Trinajstić information content (AvgIpc) is 2.88. The molecule has 0 aliphatic rings. The summed E-state index contributed by atoms with van der Waals surface area (Å²) in [6, 6.07) is 8.65. The second-order valence-electron chi connectivity index (χ2n) is 4.39. The first-order valence-corrected chi connectivity index (χ1v) is 8.87. The molecule has 20 heavy (non-hydrogen) atoms. The van der Waals surface area contributed by atoms with Gasteiger partial charge in [-0.2, -0.15) is 0 Å². The molecule has 1 aromatic carbocycles. The predicted molar refractivity (Wildman–Crippen MR) is 86.0 cm³/mol. The molecule has 0 atom stereocenters. The van der Waals surface area contributed by atoms with Gasteiger partial charge >= 0.3 is 0 Å². The molecule has 4 nitrogen and oxygen atoms in total. The Kier molecular flexibility index (Phi) is 5.94. The van der Waals surface area contributed by atoms with E-state index in [1.807, 2.05) is 0 Å². The fraction of sp³-hybridized carbons (Fsp3) is 0.429. The van der Waals surface area contributed by atoms with Crippen molar-refractivity contribution >= 4 is 23.5 Å². The topological polar surface area (TPSA) is 56.7 Å². The summed E-state index contributed by atoms with van der Waals surface area (Å²) >= 11 is 3.48. The van der Waals surface area contributed by atoms with Crippen molar-refractivity contribution < 1.29 is 0 Å². The molecule has 0 saturated heterocycles. The molecule has 0 fully saturated rings. The predicted octanol–water partition coefficient (Wildman–Crippen LogP) is 3.16. The van der Waals surface area contributed by atoms with Crippen LogP contribution in [0.2, 0.25) is 0 Å². The van der Waals surface area contributed by atoms with E-state index in [0.717, 1.165) is 29.7 Å². The van der Waals surface area contributed by atoms with Gasteiger partial charge in [-0.25, -0.2) is 0 Å². The van der Waals surface area contributed by atoms with Crippen molar-refractivity contribution in [3.8, 4) is 0 Å². The third kappa shape index (κ3) is 3.77. The molecule has 1 heterocycles. The number of hydrogen-bond acceptors (Lipinski definition) is 5. The van der Waals surface area contributed by atoms with Crippen LogP contribution < -0.4 is 5.73 Å². The van der Waals surface area contributed by atoms with Gasteiger partial charge in [-0.05, 0) is 30.4 Å². The Labute approximate surface area is 128 Å². The highest BCUT2D eigenvalue weighted by molar-refractivity contribution is 7.98. The summed E-state index contributed by atoms with van der Waals surface area (Å²) in [6.45, 7) is 3.51. The van der Waals surface area contributed by atoms with Crippen molar-refractivity contribution in [3.05, 3.63) is 35.7 Å². The van der Waals surface area contributed by atoms with Gasteiger partial charge in [0.25, 0.3) is 0 Å². The smallest absolute Gasteiger partial charge is 0.191 e. The van der Waals surface area contributed by atoms with Crippen LogP contribution >= 0.6 is 23.5 Å². The van der Waals surface area contributed by atoms with E-state index >= 15 is 0 Å². The van der Waals surface area contributed by atoms with Crippen LogP contribution in [0.4, 0.5) is 0 Å². The lowest BCUT2D eigenvalue weighted by molar-refractivity contribution is 0.592. The number of benzene rings is 1. The molecule has 0 saturated carbocycles. The van der Waals surface area contributed by atoms with Gasteiger partial charge in [0.2, 0.25) is 0 Å². The van der Waals surface area contributed by atoms with Gasteiger partial charge < -0.3 is 10.3 Å². The average molecular weight is 308 g/mol. The lowest BCUT2D eigenvalue weighted by Gasteiger charge is -2.07. The van der Waals surface area contributed by atoms with E-state index in [4.69, 9.17) is 5.73 Å². The summed E-state index contributed by atoms with van der Waals surface area (Å²) in [6.07, 6.45) is 3.15. The van der Waals surface area contributed by atoms with Crippen molar-refractivity contribution in [1.82, 2.24) is 14.8 Å². The molecule has 0 aliphatic carbocycles. The van der Waals surface area contributed by atoms with E-state index in [9.17, 15) is 0 Å². The molecule has 0 bridgehead atoms. The van der Waals surface area contributed by atoms with E-state index in [1.165, 1.54) is 10.5 Å². The lowest BCUT2D eigenvalue weighted by Crippen LogP contribution is -2.09. The first kappa shape index (κ1) is 15.4. The fourth-order valence-electron chi connectivity index (χ4n) is 1.89. The van der Waals surface area contributed by atoms with Gasteiger partial charge in [-0.1, -0.05) is 30.8 Å². The van der Waals surface area contributed by atoms with Gasteiger partial charge in [0.15, 0.2) is 5.16 Å². The highest BCUT2D eigenvalue weighted by Gasteiger charge is 2.10. The summed E-state index contributed by atoms with van der Waals surface area (Å²) in [5, 5.41) is 9.36. The molecule has 2 aromatic rings. The van der Waals surface area contributed by atoms with Gasteiger partial charge in [0.1, 0.15) is 5.82 Å². The first-order chi connectivity index (χ1) is 9.78. The highest BCUT2D eigenvalue weighted by Crippen LogP contribution is 2.23. The minimum absolute atomic E-state index is 0.440. The monoisotopic (exact) mass is 308 g/mol. The summed E-state index contributed by atoms with van der Waals surface area (Å²) in [4.78, 5) is 1.29. The molecule has 108 valence electrons. The third-order valence-electron chi connectivity index (χ3n) is 2.95. The molecular formula is C14H20N4S2. The van der Waals surface area contributed by atoms with Gasteiger partial charge in [0.05, 0.1) is 6.54 Å². The van der Waals surface area contributed by atoms with Crippen LogP contribution in [0, 0.1) is 0 Å². The Morgan fingerprint density at radius 3 is 2.55 bits per heavy atom. The van der Waals surface area contributed by atoms with Crippen molar-refractivity contribution in [2.24, 2.45) is 5.73 Å². The lowest BCUT2D eigenvalue weighted by atomic mass is 10.2. The van der Waals surface area contributed by atoms with Crippen LogP contribution in [0.15, 0.2) is 34.3 Å². The molecule has 0 radical (unpaired) electrons. The Bertz CT molecular complexity index is 537. The van der Waals surface area contributed by atoms with Crippen LogP contribution in [-0.4, -0.2) is 21.0 Å². The van der Waals surface area contributed by atoms with Crippen LogP contribution in [-0.2, 0) is 18.8 Å². The fourth-order valence-corrected chi connectivity index (χ4v) is 3.24. The molecule has 0 spiro atoms. The quantitative estimate of drug-likeness (QED) is 0.796. The Morgan fingerprint density at radius 1 is 1.20 bits per heavy atom. The SMILES string of the molecule is CCCn1c(CN)nnc1SCc1ccc(SC)cc1. The van der Waals surface area contributed by atoms with E-state index in [-0.39, 0.29) is 0 Å². The number of hydrogen-bond donors (Lipinski definition) is 1. The zero-order valence-electron chi connectivity index (χ0n) is 11.9. The van der Waals surface area contributed by atoms with Crippen molar-refractivity contribution in [1.29, 1.82) is 0 Å². The molecule has 6 heteroatoms. The number of nitrogens with zero attached hydrogens (tertiary/aromatic N) is 3. The van der Waals surface area contributed by atoms with Crippen LogP contribution in [0.25, 0.3) is 0 Å². The van der Waals surface area contributed by atoms with Crippen molar-refractivity contribution in [2.45, 2.75) is 42.2 Å². The highest BCUT2D eigenvalue weighted by atomic mass is 32.2. The van der Waals surface area contributed by atoms with Crippen LogP contribution in [0.5, 0.6) is 0 Å². The number of nitrogens with two attached hydrogens (primary N) is 1. The van der Waals surface area contributed by atoms with Crippen molar-refractivity contribution in [2.75, 3.05) is 6.26 Å². The third-order valence-corrected chi connectivity index (χ3v) is 4.73. The van der Waals surface area contributed by atoms with Crippen LogP contribution in [0.1, 0.15) is 24.7 Å². The molecule has 1 aromatic heterocycles. The number of rotatable bonds is 7. The standard InChI is InChI=1S/C14H20N4S2/c1-3-8-18-13(9-15)16-17-14(18)20-10-11-4-6-12(19-2)7-5-11/h4-7H,3,8-10,15H2,1-2H3. The molecule has 0 unspecified atom stereocenters. The summed E-state index contributed by atoms with van der Waals surface area (Å²) in [5.41, 5.74) is 7.00. The zero-order chi connectivity index (χ0) is 14.4. The Morgan fingerprint density at radius 2 is 1.95 bits per heavy atom. The summed E-state index contributed by atoms with van der Waals surface area (Å²) in [5.74, 6) is 1.77. The number of aromatic nitrogens is 3. The second-order valence-corrected chi connectivity index (χ2v) is 6.21. The minimum Gasteiger partial charge on any atom is -0.324 e. The van der Waals surface area contributed by atoms with E-state index < -0.39 is 0 Å².